The van der Waals surface area contributed by atoms with Crippen LogP contribution < -0.4 is 9.64 Å². The average Bonchev–Trinajstić information content (AvgIpc) is 3.59. The van der Waals surface area contributed by atoms with Crippen LogP contribution in [-0.4, -0.2) is 42.4 Å². The minimum atomic E-state index is -0.305. The summed E-state index contributed by atoms with van der Waals surface area (Å²) in [5.74, 6) is 0.824. The molecule has 32 heavy (non-hydrogen) atoms. The summed E-state index contributed by atoms with van der Waals surface area (Å²) in [6, 6.07) is 14.7. The van der Waals surface area contributed by atoms with E-state index in [4.69, 9.17) is 30.6 Å². The highest BCUT2D eigenvalue weighted by molar-refractivity contribution is 7.23. The van der Waals surface area contributed by atoms with Crippen LogP contribution in [0.25, 0.3) is 21.5 Å². The van der Waals surface area contributed by atoms with Gasteiger partial charge in [0.05, 0.1) is 29.5 Å². The monoisotopic (exact) mass is 469 g/mol. The predicted octanol–water partition coefficient (Wildman–Crippen LogP) is 5.44. The van der Waals surface area contributed by atoms with Crippen molar-refractivity contribution >= 4 is 44.2 Å². The largest absolute Gasteiger partial charge is 0.494 e. The molecule has 164 valence electrons. The van der Waals surface area contributed by atoms with E-state index in [1.54, 1.807) is 30.2 Å². The van der Waals surface area contributed by atoms with Crippen molar-refractivity contribution in [3.05, 3.63) is 59.2 Å². The van der Waals surface area contributed by atoms with Gasteiger partial charge in [0, 0.05) is 18.2 Å². The second-order valence-corrected chi connectivity index (χ2v) is 8.80. The van der Waals surface area contributed by atoms with Gasteiger partial charge in [-0.05, 0) is 25.0 Å². The highest BCUT2D eigenvalue weighted by Crippen LogP contribution is 2.39. The van der Waals surface area contributed by atoms with E-state index in [2.05, 4.69) is 5.16 Å². The molecule has 9 heteroatoms. The van der Waals surface area contributed by atoms with Crippen molar-refractivity contribution in [3.63, 3.8) is 0 Å². The molecule has 1 fully saturated rings. The molecule has 5 rings (SSSR count). The van der Waals surface area contributed by atoms with E-state index in [0.717, 1.165) is 23.1 Å². The number of rotatable bonds is 6. The van der Waals surface area contributed by atoms with Crippen LogP contribution in [0.2, 0.25) is 5.02 Å². The van der Waals surface area contributed by atoms with E-state index >= 15 is 0 Å². The fourth-order valence-corrected chi connectivity index (χ4v) is 4.98. The van der Waals surface area contributed by atoms with Gasteiger partial charge in [-0.15, -0.1) is 0 Å². The smallest absolute Gasteiger partial charge is 0.282 e. The number of anilines is 1. The Labute approximate surface area is 193 Å². The average molecular weight is 470 g/mol. The van der Waals surface area contributed by atoms with Gasteiger partial charge in [0.25, 0.3) is 5.91 Å². The highest BCUT2D eigenvalue weighted by atomic mass is 35.5. The minimum Gasteiger partial charge on any atom is -0.494 e. The molecule has 4 aromatic rings. The van der Waals surface area contributed by atoms with E-state index in [1.807, 2.05) is 30.3 Å². The van der Waals surface area contributed by atoms with Gasteiger partial charge in [-0.3, -0.25) is 9.69 Å². The van der Waals surface area contributed by atoms with Crippen LogP contribution in [0.1, 0.15) is 23.3 Å². The number of aromatic nitrogens is 2. The number of ether oxygens (including phenoxy) is 2. The third-order valence-electron chi connectivity index (χ3n) is 5.34. The first kappa shape index (κ1) is 20.9. The van der Waals surface area contributed by atoms with Crippen LogP contribution in [0.15, 0.2) is 53.1 Å². The highest BCUT2D eigenvalue weighted by Gasteiger charge is 2.29. The molecular formula is C23H20ClN3O4S. The second kappa shape index (κ2) is 8.90. The summed E-state index contributed by atoms with van der Waals surface area (Å²) in [6.07, 6.45) is 1.78. The third kappa shape index (κ3) is 3.97. The molecule has 1 atom stereocenters. The van der Waals surface area contributed by atoms with Crippen molar-refractivity contribution in [1.29, 1.82) is 0 Å². The predicted molar refractivity (Wildman–Crippen MR) is 124 cm³/mol. The topological polar surface area (TPSA) is 77.7 Å². The van der Waals surface area contributed by atoms with Crippen molar-refractivity contribution in [2.75, 3.05) is 25.2 Å². The SMILES string of the molecule is COc1ccc(Cl)c2sc(N(CC3CCCO3)C(=O)c3cc(-c4ccccc4)on3)nc12. The molecule has 0 spiro atoms. The molecule has 1 unspecified atom stereocenters. The Hall–Kier alpha value is -2.94. The molecule has 7 nitrogen and oxygen atoms in total. The lowest BCUT2D eigenvalue weighted by atomic mass is 10.1. The van der Waals surface area contributed by atoms with E-state index in [0.29, 0.717) is 40.3 Å². The maximum absolute atomic E-state index is 13.5. The van der Waals surface area contributed by atoms with Gasteiger partial charge in [0.15, 0.2) is 16.6 Å². The van der Waals surface area contributed by atoms with Crippen LogP contribution >= 0.6 is 22.9 Å². The number of carbonyl (C=O) groups is 1. The number of methoxy groups -OCH3 is 1. The molecule has 1 amide bonds. The Morgan fingerprint density at radius 1 is 1.28 bits per heavy atom. The first-order valence-electron chi connectivity index (χ1n) is 10.2. The normalized spacial score (nSPS) is 15.9. The molecule has 0 saturated carbocycles. The van der Waals surface area contributed by atoms with E-state index in [-0.39, 0.29) is 17.7 Å². The van der Waals surface area contributed by atoms with Crippen molar-refractivity contribution in [2.24, 2.45) is 0 Å². The van der Waals surface area contributed by atoms with Crippen LogP contribution in [-0.2, 0) is 4.74 Å². The van der Waals surface area contributed by atoms with E-state index < -0.39 is 0 Å². The standard InChI is InChI=1S/C23H20ClN3O4S/c1-29-18-10-9-16(24)21-20(18)25-23(32-21)27(13-15-8-5-11-30-15)22(28)17-12-19(31-26-17)14-6-3-2-4-7-14/h2-4,6-7,9-10,12,15H,5,8,11,13H2,1H3. The van der Waals surface area contributed by atoms with Crippen LogP contribution in [0.4, 0.5) is 5.13 Å². The Morgan fingerprint density at radius 2 is 2.12 bits per heavy atom. The number of amides is 1. The first-order valence-corrected chi connectivity index (χ1v) is 11.4. The minimum absolute atomic E-state index is 0.0659. The van der Waals surface area contributed by atoms with Crippen LogP contribution in [0.3, 0.4) is 0 Å². The fourth-order valence-electron chi connectivity index (χ4n) is 3.71. The Bertz CT molecular complexity index is 1250. The van der Waals surface area contributed by atoms with Crippen molar-refractivity contribution < 1.29 is 18.8 Å². The lowest BCUT2D eigenvalue weighted by Gasteiger charge is -2.21. The van der Waals surface area contributed by atoms with Crippen molar-refractivity contribution in [1.82, 2.24) is 10.1 Å². The molecule has 0 radical (unpaired) electrons. The molecule has 2 aromatic heterocycles. The summed E-state index contributed by atoms with van der Waals surface area (Å²) >= 11 is 7.74. The lowest BCUT2D eigenvalue weighted by Crippen LogP contribution is -2.37. The van der Waals surface area contributed by atoms with Crippen LogP contribution in [0, 0.1) is 0 Å². The Morgan fingerprint density at radius 3 is 2.88 bits per heavy atom. The molecule has 1 aliphatic rings. The maximum atomic E-state index is 13.5. The number of hydrogen-bond acceptors (Lipinski definition) is 7. The first-order chi connectivity index (χ1) is 15.6. The zero-order chi connectivity index (χ0) is 22.1. The summed E-state index contributed by atoms with van der Waals surface area (Å²) in [6.45, 7) is 1.06. The number of carbonyl (C=O) groups excluding carboxylic acids is 1. The van der Waals surface area contributed by atoms with Gasteiger partial charge < -0.3 is 14.0 Å². The molecule has 2 aromatic carbocycles. The van der Waals surface area contributed by atoms with Crippen molar-refractivity contribution in [3.8, 4) is 17.1 Å². The third-order valence-corrected chi connectivity index (χ3v) is 6.88. The molecule has 0 aliphatic carbocycles. The zero-order valence-electron chi connectivity index (χ0n) is 17.3. The molecular weight excluding hydrogens is 450 g/mol. The molecule has 0 bridgehead atoms. The van der Waals surface area contributed by atoms with Gasteiger partial charge in [0.1, 0.15) is 11.3 Å². The van der Waals surface area contributed by atoms with E-state index in [1.165, 1.54) is 11.3 Å². The summed E-state index contributed by atoms with van der Waals surface area (Å²) < 4.78 is 17.4. The maximum Gasteiger partial charge on any atom is 0.282 e. The Balaban J connectivity index is 1.53. The number of fused-ring (bicyclic) bond motifs is 1. The molecule has 0 N–H and O–H groups in total. The second-order valence-electron chi connectivity index (χ2n) is 7.42. The molecule has 3 heterocycles. The van der Waals surface area contributed by atoms with Gasteiger partial charge in [-0.2, -0.15) is 0 Å². The number of benzene rings is 2. The van der Waals surface area contributed by atoms with Gasteiger partial charge in [0.2, 0.25) is 0 Å². The van der Waals surface area contributed by atoms with Crippen molar-refractivity contribution in [2.45, 2.75) is 18.9 Å². The quantitative estimate of drug-likeness (QED) is 0.374. The number of nitrogens with zero attached hydrogens (tertiary/aromatic N) is 3. The summed E-state index contributed by atoms with van der Waals surface area (Å²) in [4.78, 5) is 19.8. The summed E-state index contributed by atoms with van der Waals surface area (Å²) in [5, 5.41) is 5.11. The summed E-state index contributed by atoms with van der Waals surface area (Å²) in [7, 11) is 1.58. The lowest BCUT2D eigenvalue weighted by molar-refractivity contribution is 0.0910. The number of hydrogen-bond donors (Lipinski definition) is 0. The number of halogens is 1. The summed E-state index contributed by atoms with van der Waals surface area (Å²) in [5.41, 5.74) is 1.68. The Kier molecular flexibility index (Phi) is 5.82. The molecule has 1 saturated heterocycles. The molecule has 1 aliphatic heterocycles. The van der Waals surface area contributed by atoms with Gasteiger partial charge >= 0.3 is 0 Å². The zero-order valence-corrected chi connectivity index (χ0v) is 18.9. The van der Waals surface area contributed by atoms with Gasteiger partial charge in [-0.1, -0.05) is 58.4 Å². The van der Waals surface area contributed by atoms with Crippen LogP contribution in [0.5, 0.6) is 5.75 Å². The van der Waals surface area contributed by atoms with E-state index in [9.17, 15) is 4.79 Å². The fraction of sp³-hybridized carbons (Fsp3) is 0.261. The number of thiazole rings is 1. The van der Waals surface area contributed by atoms with Gasteiger partial charge in [-0.25, -0.2) is 4.98 Å².